The molecule has 0 bridgehead atoms. The number of nitrogens with zero attached hydrogens (tertiary/aromatic N) is 4. The molecular formula is C15H14N4O. The van der Waals surface area contributed by atoms with Gasteiger partial charge in [-0.2, -0.15) is 0 Å². The number of rotatable bonds is 2. The molecule has 0 radical (unpaired) electrons. The van der Waals surface area contributed by atoms with Crippen LogP contribution in [0.25, 0.3) is 0 Å². The summed E-state index contributed by atoms with van der Waals surface area (Å²) in [5.74, 6) is 1.49. The molecule has 0 saturated heterocycles. The number of aromatic nitrogens is 3. The quantitative estimate of drug-likeness (QED) is 0.833. The van der Waals surface area contributed by atoms with Crippen molar-refractivity contribution in [3.63, 3.8) is 0 Å². The van der Waals surface area contributed by atoms with Gasteiger partial charge in [-0.15, -0.1) is 0 Å². The largest absolute Gasteiger partial charge is 0.328 e. The molecule has 1 saturated carbocycles. The SMILES string of the molecule is O=C(c1cccnc1)N1Cc2cnc(C3CC3)nc2C1. The van der Waals surface area contributed by atoms with Crippen LogP contribution in [0.4, 0.5) is 0 Å². The first-order chi connectivity index (χ1) is 9.81. The van der Waals surface area contributed by atoms with Crippen LogP contribution in [0.5, 0.6) is 0 Å². The van der Waals surface area contributed by atoms with E-state index in [4.69, 9.17) is 0 Å². The number of pyridine rings is 1. The molecule has 20 heavy (non-hydrogen) atoms. The van der Waals surface area contributed by atoms with Crippen LogP contribution in [0.15, 0.2) is 30.7 Å². The first-order valence-corrected chi connectivity index (χ1v) is 6.85. The molecule has 1 aliphatic heterocycles. The lowest BCUT2D eigenvalue weighted by Gasteiger charge is -2.14. The Morgan fingerprint density at radius 3 is 2.90 bits per heavy atom. The van der Waals surface area contributed by atoms with Crippen LogP contribution in [-0.4, -0.2) is 25.8 Å². The van der Waals surface area contributed by atoms with Crippen molar-refractivity contribution < 1.29 is 4.79 Å². The molecule has 5 nitrogen and oxygen atoms in total. The molecule has 1 aliphatic carbocycles. The Morgan fingerprint density at radius 1 is 1.25 bits per heavy atom. The van der Waals surface area contributed by atoms with E-state index >= 15 is 0 Å². The summed E-state index contributed by atoms with van der Waals surface area (Å²) in [5, 5.41) is 0. The Balaban J connectivity index is 1.57. The van der Waals surface area contributed by atoms with Gasteiger partial charge in [-0.3, -0.25) is 9.78 Å². The van der Waals surface area contributed by atoms with E-state index < -0.39 is 0 Å². The molecule has 0 atom stereocenters. The fourth-order valence-electron chi connectivity index (χ4n) is 2.52. The highest BCUT2D eigenvalue weighted by Crippen LogP contribution is 2.38. The van der Waals surface area contributed by atoms with E-state index in [1.807, 2.05) is 6.20 Å². The molecule has 0 N–H and O–H groups in total. The summed E-state index contributed by atoms with van der Waals surface area (Å²) in [4.78, 5) is 27.2. The maximum atomic E-state index is 12.4. The van der Waals surface area contributed by atoms with Crippen molar-refractivity contribution in [3.05, 3.63) is 53.4 Å². The third-order valence-electron chi connectivity index (χ3n) is 3.81. The van der Waals surface area contributed by atoms with Crippen LogP contribution < -0.4 is 0 Å². The summed E-state index contributed by atoms with van der Waals surface area (Å²) in [5.41, 5.74) is 2.68. The number of hydrogen-bond acceptors (Lipinski definition) is 4. The van der Waals surface area contributed by atoms with Gasteiger partial charge < -0.3 is 4.90 Å². The van der Waals surface area contributed by atoms with Crippen LogP contribution in [0, 0.1) is 0 Å². The summed E-state index contributed by atoms with van der Waals surface area (Å²) in [6.45, 7) is 1.17. The zero-order valence-corrected chi connectivity index (χ0v) is 11.0. The van der Waals surface area contributed by atoms with E-state index in [-0.39, 0.29) is 5.91 Å². The summed E-state index contributed by atoms with van der Waals surface area (Å²) in [7, 11) is 0. The average molecular weight is 266 g/mol. The third-order valence-corrected chi connectivity index (χ3v) is 3.81. The minimum atomic E-state index is 0.00377. The minimum Gasteiger partial charge on any atom is -0.328 e. The fraction of sp³-hybridized carbons (Fsp3) is 0.333. The normalized spacial score (nSPS) is 17.1. The number of fused-ring (bicyclic) bond motifs is 1. The molecule has 0 aromatic carbocycles. The molecule has 5 heteroatoms. The molecule has 3 heterocycles. The number of carbonyl (C=O) groups is 1. The monoisotopic (exact) mass is 266 g/mol. The van der Waals surface area contributed by atoms with Crippen molar-refractivity contribution in [2.24, 2.45) is 0 Å². The molecule has 4 rings (SSSR count). The predicted octanol–water partition coefficient (Wildman–Crippen LogP) is 1.91. The van der Waals surface area contributed by atoms with Crippen LogP contribution in [0.1, 0.15) is 46.2 Å². The molecule has 2 aromatic rings. The van der Waals surface area contributed by atoms with Gasteiger partial charge in [0.1, 0.15) is 5.82 Å². The van der Waals surface area contributed by atoms with E-state index in [0.29, 0.717) is 24.6 Å². The Hall–Kier alpha value is -2.30. The van der Waals surface area contributed by atoms with Crippen molar-refractivity contribution in [2.75, 3.05) is 0 Å². The van der Waals surface area contributed by atoms with Gasteiger partial charge in [-0.05, 0) is 25.0 Å². The van der Waals surface area contributed by atoms with Crippen molar-refractivity contribution >= 4 is 5.91 Å². The highest BCUT2D eigenvalue weighted by atomic mass is 16.2. The van der Waals surface area contributed by atoms with Gasteiger partial charge in [0.15, 0.2) is 0 Å². The Labute approximate surface area is 116 Å². The second kappa shape index (κ2) is 4.37. The fourth-order valence-corrected chi connectivity index (χ4v) is 2.52. The van der Waals surface area contributed by atoms with Gasteiger partial charge in [0.2, 0.25) is 0 Å². The zero-order valence-electron chi connectivity index (χ0n) is 11.0. The molecular weight excluding hydrogens is 252 g/mol. The lowest BCUT2D eigenvalue weighted by atomic mass is 10.2. The van der Waals surface area contributed by atoms with Crippen LogP contribution >= 0.6 is 0 Å². The number of amides is 1. The molecule has 2 aromatic heterocycles. The first kappa shape index (κ1) is 11.5. The molecule has 1 amide bonds. The average Bonchev–Trinajstić information content (AvgIpc) is 3.26. The second-order valence-electron chi connectivity index (χ2n) is 5.38. The summed E-state index contributed by atoms with van der Waals surface area (Å²) in [6.07, 6.45) is 7.54. The lowest BCUT2D eigenvalue weighted by Crippen LogP contribution is -2.25. The second-order valence-corrected chi connectivity index (χ2v) is 5.38. The van der Waals surface area contributed by atoms with E-state index in [9.17, 15) is 4.79 Å². The predicted molar refractivity (Wildman–Crippen MR) is 71.8 cm³/mol. The Kier molecular flexibility index (Phi) is 2.52. The summed E-state index contributed by atoms with van der Waals surface area (Å²) < 4.78 is 0. The van der Waals surface area contributed by atoms with E-state index in [2.05, 4.69) is 15.0 Å². The van der Waals surface area contributed by atoms with Gasteiger partial charge in [0.25, 0.3) is 5.91 Å². The molecule has 100 valence electrons. The molecule has 1 fully saturated rings. The van der Waals surface area contributed by atoms with Gasteiger partial charge in [0.05, 0.1) is 17.8 Å². The smallest absolute Gasteiger partial charge is 0.256 e. The minimum absolute atomic E-state index is 0.00377. The Bertz CT molecular complexity index is 667. The Morgan fingerprint density at radius 2 is 2.15 bits per heavy atom. The maximum absolute atomic E-state index is 12.4. The van der Waals surface area contributed by atoms with Gasteiger partial charge in [-0.25, -0.2) is 9.97 Å². The summed E-state index contributed by atoms with van der Waals surface area (Å²) in [6, 6.07) is 3.57. The van der Waals surface area contributed by atoms with Gasteiger partial charge in [0, 0.05) is 36.6 Å². The standard InChI is InChI=1S/C15H14N4O/c20-15(11-2-1-5-16-6-11)19-8-12-7-17-14(10-3-4-10)18-13(12)9-19/h1-2,5-7,10H,3-4,8-9H2. The van der Waals surface area contributed by atoms with Crippen LogP contribution in [0.3, 0.4) is 0 Å². The van der Waals surface area contributed by atoms with E-state index in [0.717, 1.165) is 17.1 Å². The van der Waals surface area contributed by atoms with E-state index in [1.54, 1.807) is 29.4 Å². The van der Waals surface area contributed by atoms with Crippen LogP contribution in [-0.2, 0) is 13.1 Å². The van der Waals surface area contributed by atoms with Crippen molar-refractivity contribution in [1.82, 2.24) is 19.9 Å². The highest BCUT2D eigenvalue weighted by molar-refractivity contribution is 5.94. The van der Waals surface area contributed by atoms with Crippen molar-refractivity contribution in [2.45, 2.75) is 31.8 Å². The van der Waals surface area contributed by atoms with Gasteiger partial charge in [-0.1, -0.05) is 0 Å². The lowest BCUT2D eigenvalue weighted by molar-refractivity contribution is 0.0750. The summed E-state index contributed by atoms with van der Waals surface area (Å²) >= 11 is 0. The van der Waals surface area contributed by atoms with Gasteiger partial charge >= 0.3 is 0 Å². The highest BCUT2D eigenvalue weighted by Gasteiger charge is 2.30. The van der Waals surface area contributed by atoms with E-state index in [1.165, 1.54) is 12.8 Å². The number of hydrogen-bond donors (Lipinski definition) is 0. The maximum Gasteiger partial charge on any atom is 0.256 e. The topological polar surface area (TPSA) is 59.0 Å². The zero-order chi connectivity index (χ0) is 13.5. The van der Waals surface area contributed by atoms with Crippen LogP contribution in [0.2, 0.25) is 0 Å². The van der Waals surface area contributed by atoms with Crippen molar-refractivity contribution in [1.29, 1.82) is 0 Å². The van der Waals surface area contributed by atoms with Crippen molar-refractivity contribution in [3.8, 4) is 0 Å². The first-order valence-electron chi connectivity index (χ1n) is 6.85. The number of carbonyl (C=O) groups excluding carboxylic acids is 1. The molecule has 2 aliphatic rings. The molecule has 0 spiro atoms. The third kappa shape index (κ3) is 1.95. The molecule has 0 unspecified atom stereocenters.